The molecule has 17 heavy (non-hydrogen) atoms. The third-order valence-electron chi connectivity index (χ3n) is 2.27. The van der Waals surface area contributed by atoms with Crippen LogP contribution in [0.4, 0.5) is 0 Å². The van der Waals surface area contributed by atoms with Crippen LogP contribution in [-0.4, -0.2) is 18.2 Å². The summed E-state index contributed by atoms with van der Waals surface area (Å²) in [6.45, 7) is 1.52. The summed E-state index contributed by atoms with van der Waals surface area (Å²) in [5.41, 5.74) is 0.963. The zero-order valence-corrected chi connectivity index (χ0v) is 11.8. The molecule has 0 saturated carbocycles. The highest BCUT2D eigenvalue weighted by molar-refractivity contribution is 7.10. The van der Waals surface area contributed by atoms with Gasteiger partial charge in [-0.15, -0.1) is 34.3 Å². The molecule has 0 N–H and O–H groups in total. The Labute approximate surface area is 114 Å². The first kappa shape index (κ1) is 13.0. The maximum absolute atomic E-state index is 5.70. The van der Waals surface area contributed by atoms with Crippen molar-refractivity contribution in [1.82, 2.24) is 4.98 Å². The van der Waals surface area contributed by atoms with Crippen LogP contribution in [0, 0.1) is 0 Å². The quantitative estimate of drug-likeness (QED) is 0.572. The van der Waals surface area contributed by atoms with Crippen molar-refractivity contribution in [3.05, 3.63) is 38.5 Å². The van der Waals surface area contributed by atoms with E-state index in [0.717, 1.165) is 36.8 Å². The molecule has 2 heterocycles. The Morgan fingerprint density at radius 1 is 1.24 bits per heavy atom. The molecule has 2 rings (SSSR count). The van der Waals surface area contributed by atoms with Crippen molar-refractivity contribution in [2.45, 2.75) is 18.7 Å². The SMILES string of the molecule is ClCc1csc(CCOCCc2cccs2)n1. The van der Waals surface area contributed by atoms with E-state index < -0.39 is 0 Å². The summed E-state index contributed by atoms with van der Waals surface area (Å²) in [7, 11) is 0. The lowest BCUT2D eigenvalue weighted by Crippen LogP contribution is -2.02. The first-order valence-corrected chi connectivity index (χ1v) is 7.77. The predicted octanol–water partition coefficient (Wildman–Crippen LogP) is 3.75. The summed E-state index contributed by atoms with van der Waals surface area (Å²) < 4.78 is 5.59. The van der Waals surface area contributed by atoms with E-state index in [4.69, 9.17) is 16.3 Å². The molecule has 0 aromatic carbocycles. The van der Waals surface area contributed by atoms with E-state index in [9.17, 15) is 0 Å². The second-order valence-corrected chi connectivity index (χ2v) is 5.80. The van der Waals surface area contributed by atoms with Gasteiger partial charge in [-0.2, -0.15) is 0 Å². The molecule has 0 aliphatic carbocycles. The van der Waals surface area contributed by atoms with Gasteiger partial charge in [0.15, 0.2) is 0 Å². The number of rotatable bonds is 7. The van der Waals surface area contributed by atoms with Crippen molar-refractivity contribution in [1.29, 1.82) is 0 Å². The Bertz CT molecular complexity index is 427. The minimum atomic E-state index is 0.496. The van der Waals surface area contributed by atoms with Crippen LogP contribution in [0.15, 0.2) is 22.9 Å². The molecule has 2 nitrogen and oxygen atoms in total. The molecule has 0 aliphatic rings. The molecule has 92 valence electrons. The predicted molar refractivity (Wildman–Crippen MR) is 74.2 cm³/mol. The topological polar surface area (TPSA) is 22.1 Å². The van der Waals surface area contributed by atoms with Gasteiger partial charge in [-0.25, -0.2) is 4.98 Å². The minimum Gasteiger partial charge on any atom is -0.381 e. The molecule has 0 fully saturated rings. The Morgan fingerprint density at radius 2 is 2.12 bits per heavy atom. The molecule has 0 unspecified atom stereocenters. The van der Waals surface area contributed by atoms with Crippen LogP contribution in [0.25, 0.3) is 0 Å². The van der Waals surface area contributed by atoms with Crippen molar-refractivity contribution in [3.63, 3.8) is 0 Å². The molecular weight excluding hydrogens is 274 g/mol. The molecule has 2 aromatic heterocycles. The van der Waals surface area contributed by atoms with Gasteiger partial charge < -0.3 is 4.74 Å². The van der Waals surface area contributed by atoms with Gasteiger partial charge in [0.2, 0.25) is 0 Å². The standard InChI is InChI=1S/C12H14ClNOS2/c13-8-10-9-17-12(14-10)4-6-15-5-3-11-2-1-7-16-11/h1-2,7,9H,3-6,8H2. The van der Waals surface area contributed by atoms with Crippen molar-refractivity contribution >= 4 is 34.3 Å². The molecule has 0 radical (unpaired) electrons. The van der Waals surface area contributed by atoms with Crippen LogP contribution in [0.2, 0.25) is 0 Å². The summed E-state index contributed by atoms with van der Waals surface area (Å²) in [5.74, 6) is 0.496. The number of thiazole rings is 1. The molecule has 0 bridgehead atoms. The number of hydrogen-bond acceptors (Lipinski definition) is 4. The lowest BCUT2D eigenvalue weighted by molar-refractivity contribution is 0.141. The number of alkyl halides is 1. The fraction of sp³-hybridized carbons (Fsp3) is 0.417. The molecule has 5 heteroatoms. The maximum atomic E-state index is 5.70. The molecule has 2 aromatic rings. The van der Waals surface area contributed by atoms with Gasteiger partial charge in [-0.1, -0.05) is 6.07 Å². The van der Waals surface area contributed by atoms with Crippen molar-refractivity contribution < 1.29 is 4.74 Å². The van der Waals surface area contributed by atoms with E-state index >= 15 is 0 Å². The Hall–Kier alpha value is -0.420. The lowest BCUT2D eigenvalue weighted by Gasteiger charge is -2.01. The monoisotopic (exact) mass is 287 g/mol. The maximum Gasteiger partial charge on any atom is 0.0951 e. The Balaban J connectivity index is 1.60. The van der Waals surface area contributed by atoms with Gasteiger partial charge >= 0.3 is 0 Å². The van der Waals surface area contributed by atoms with Gasteiger partial charge in [-0.3, -0.25) is 0 Å². The molecule has 0 aliphatic heterocycles. The summed E-state index contributed by atoms with van der Waals surface area (Å²) >= 11 is 9.13. The van der Waals surface area contributed by atoms with Gasteiger partial charge in [0.25, 0.3) is 0 Å². The minimum absolute atomic E-state index is 0.496. The van der Waals surface area contributed by atoms with Crippen LogP contribution < -0.4 is 0 Å². The second kappa shape index (κ2) is 7.11. The summed E-state index contributed by atoms with van der Waals surface area (Å²) in [6.07, 6.45) is 1.88. The number of halogens is 1. The van der Waals surface area contributed by atoms with Gasteiger partial charge in [0.05, 0.1) is 29.8 Å². The van der Waals surface area contributed by atoms with Gasteiger partial charge in [0.1, 0.15) is 0 Å². The van der Waals surface area contributed by atoms with Crippen LogP contribution in [0.3, 0.4) is 0 Å². The molecule has 0 spiro atoms. The fourth-order valence-corrected chi connectivity index (χ4v) is 3.11. The first-order valence-electron chi connectivity index (χ1n) is 5.48. The zero-order valence-electron chi connectivity index (χ0n) is 9.39. The summed E-state index contributed by atoms with van der Waals surface area (Å²) in [4.78, 5) is 5.76. The number of nitrogens with zero attached hydrogens (tertiary/aromatic N) is 1. The van der Waals surface area contributed by atoms with Crippen molar-refractivity contribution in [3.8, 4) is 0 Å². The van der Waals surface area contributed by atoms with Crippen LogP contribution in [-0.2, 0) is 23.5 Å². The molecule has 0 atom stereocenters. The highest BCUT2D eigenvalue weighted by Gasteiger charge is 2.01. The number of ether oxygens (including phenoxy) is 1. The Morgan fingerprint density at radius 3 is 2.82 bits per heavy atom. The summed E-state index contributed by atoms with van der Waals surface area (Å²) in [5, 5.41) is 5.21. The van der Waals surface area contributed by atoms with Gasteiger partial charge in [0, 0.05) is 23.1 Å². The van der Waals surface area contributed by atoms with E-state index in [1.54, 1.807) is 22.7 Å². The van der Waals surface area contributed by atoms with Gasteiger partial charge in [-0.05, 0) is 11.4 Å². The number of hydrogen-bond donors (Lipinski definition) is 0. The van der Waals surface area contributed by atoms with Crippen LogP contribution in [0.1, 0.15) is 15.6 Å². The van der Waals surface area contributed by atoms with Crippen LogP contribution >= 0.6 is 34.3 Å². The summed E-state index contributed by atoms with van der Waals surface area (Å²) in [6, 6.07) is 4.21. The second-order valence-electron chi connectivity index (χ2n) is 3.56. The third-order valence-corrected chi connectivity index (χ3v) is 4.44. The van der Waals surface area contributed by atoms with Crippen molar-refractivity contribution in [2.75, 3.05) is 13.2 Å². The Kier molecular flexibility index (Phi) is 5.45. The van der Waals surface area contributed by atoms with E-state index in [1.165, 1.54) is 4.88 Å². The first-order chi connectivity index (χ1) is 8.38. The van der Waals surface area contributed by atoms with Crippen LogP contribution in [0.5, 0.6) is 0 Å². The normalized spacial score (nSPS) is 10.9. The zero-order chi connectivity index (χ0) is 11.9. The smallest absolute Gasteiger partial charge is 0.0951 e. The van der Waals surface area contributed by atoms with E-state index in [0.29, 0.717) is 5.88 Å². The highest BCUT2D eigenvalue weighted by Crippen LogP contribution is 2.12. The van der Waals surface area contributed by atoms with E-state index in [-0.39, 0.29) is 0 Å². The average Bonchev–Trinajstić information content (AvgIpc) is 2.99. The van der Waals surface area contributed by atoms with E-state index in [1.807, 2.05) is 5.38 Å². The van der Waals surface area contributed by atoms with Crippen molar-refractivity contribution in [2.24, 2.45) is 0 Å². The van der Waals surface area contributed by atoms with E-state index in [2.05, 4.69) is 22.5 Å². The largest absolute Gasteiger partial charge is 0.381 e. The lowest BCUT2D eigenvalue weighted by atomic mass is 10.4. The average molecular weight is 288 g/mol. The fourth-order valence-electron chi connectivity index (χ4n) is 1.41. The molecule has 0 amide bonds. The highest BCUT2D eigenvalue weighted by atomic mass is 35.5. The molecule has 0 saturated heterocycles. The molecular formula is C12H14ClNOS2. The number of aromatic nitrogens is 1. The number of thiophene rings is 1. The third kappa shape index (κ3) is 4.39.